The topological polar surface area (TPSA) is 106 Å². The lowest BCUT2D eigenvalue weighted by molar-refractivity contribution is 0.219. The molecule has 0 bridgehead atoms. The lowest BCUT2D eigenvalue weighted by Gasteiger charge is -2.30. The van der Waals surface area contributed by atoms with Crippen LogP contribution >= 0.6 is 0 Å². The van der Waals surface area contributed by atoms with E-state index >= 15 is 0 Å². The molecule has 7 nitrogen and oxygen atoms in total. The van der Waals surface area contributed by atoms with Crippen LogP contribution < -0.4 is 16.3 Å². The van der Waals surface area contributed by atoms with Gasteiger partial charge in [-0.2, -0.15) is 10.4 Å². The Kier molecular flexibility index (Phi) is 6.65. The lowest BCUT2D eigenvalue weighted by Crippen LogP contribution is -2.30. The molecule has 2 fully saturated rings. The first-order valence-electron chi connectivity index (χ1n) is 12.7. The highest BCUT2D eigenvalue weighted by Crippen LogP contribution is 2.43. The summed E-state index contributed by atoms with van der Waals surface area (Å²) in [5.74, 6) is 8.12. The standard InChI is InChI=1S/C28H34N6O/c1-19(21-9-10-21)15-20-5-7-22(8-6-20)28-26(17-29)25-12-11-24(35-14-13-33(31)32-18-30)16-27(25)34(28)23-3-2-4-23/h5-8,11-12,16,18-19,21,23H,2-4,9-10,13-15,31H2,1H3,(H2,30,32). The molecule has 2 aromatic carbocycles. The fourth-order valence-corrected chi connectivity index (χ4v) is 5.20. The van der Waals surface area contributed by atoms with Crippen LogP contribution in [0.3, 0.4) is 0 Å². The van der Waals surface area contributed by atoms with Crippen molar-refractivity contribution in [2.45, 2.75) is 51.5 Å². The molecule has 1 atom stereocenters. The van der Waals surface area contributed by atoms with Gasteiger partial charge in [0.25, 0.3) is 0 Å². The Morgan fingerprint density at radius 2 is 1.97 bits per heavy atom. The van der Waals surface area contributed by atoms with Crippen LogP contribution in [0.25, 0.3) is 22.2 Å². The molecule has 2 saturated carbocycles. The van der Waals surface area contributed by atoms with Gasteiger partial charge in [-0.1, -0.05) is 31.2 Å². The van der Waals surface area contributed by atoms with Crippen LogP contribution in [0.1, 0.15) is 56.2 Å². The number of aromatic nitrogens is 1. The average molecular weight is 471 g/mol. The van der Waals surface area contributed by atoms with Crippen molar-refractivity contribution in [1.29, 1.82) is 5.26 Å². The van der Waals surface area contributed by atoms with Gasteiger partial charge in [0.2, 0.25) is 0 Å². The summed E-state index contributed by atoms with van der Waals surface area (Å²) in [6.07, 6.45) is 8.51. The fourth-order valence-electron chi connectivity index (χ4n) is 5.20. The van der Waals surface area contributed by atoms with Gasteiger partial charge < -0.3 is 15.0 Å². The third-order valence-electron chi connectivity index (χ3n) is 7.54. The number of hydrazine groups is 1. The third-order valence-corrected chi connectivity index (χ3v) is 7.54. The summed E-state index contributed by atoms with van der Waals surface area (Å²) in [6.45, 7) is 3.15. The van der Waals surface area contributed by atoms with Crippen molar-refractivity contribution >= 4 is 17.2 Å². The minimum Gasteiger partial charge on any atom is -0.492 e. The number of nitriles is 1. The molecule has 35 heavy (non-hydrogen) atoms. The third kappa shape index (κ3) is 4.85. The molecule has 2 aliphatic carbocycles. The van der Waals surface area contributed by atoms with E-state index in [1.807, 2.05) is 12.1 Å². The van der Waals surface area contributed by atoms with Crippen LogP contribution in [0.5, 0.6) is 5.75 Å². The SMILES string of the molecule is CC(Cc1ccc(-c2c(C#N)c3ccc(OCCN(N)/N=C\N)cc3n2C2CCC2)cc1)C1CC1. The molecule has 7 heteroatoms. The summed E-state index contributed by atoms with van der Waals surface area (Å²) in [6, 6.07) is 17.8. The zero-order valence-electron chi connectivity index (χ0n) is 20.4. The van der Waals surface area contributed by atoms with E-state index in [1.54, 1.807) is 0 Å². The molecule has 1 aromatic heterocycles. The van der Waals surface area contributed by atoms with Crippen LogP contribution in [-0.4, -0.2) is 29.2 Å². The smallest absolute Gasteiger partial charge is 0.121 e. The molecule has 1 heterocycles. The quantitative estimate of drug-likeness (QED) is 0.189. The first-order chi connectivity index (χ1) is 17.1. The van der Waals surface area contributed by atoms with Gasteiger partial charge in [-0.05, 0) is 73.6 Å². The maximum absolute atomic E-state index is 10.2. The monoisotopic (exact) mass is 470 g/mol. The van der Waals surface area contributed by atoms with Crippen molar-refractivity contribution in [1.82, 2.24) is 9.69 Å². The van der Waals surface area contributed by atoms with Gasteiger partial charge in [0, 0.05) is 17.5 Å². The Balaban J connectivity index is 1.47. The number of rotatable bonds is 10. The summed E-state index contributed by atoms with van der Waals surface area (Å²) in [7, 11) is 0. The average Bonchev–Trinajstić information content (AvgIpc) is 3.63. The van der Waals surface area contributed by atoms with Crippen LogP contribution in [-0.2, 0) is 6.42 Å². The van der Waals surface area contributed by atoms with Crippen molar-refractivity contribution in [3.05, 3.63) is 53.6 Å². The molecule has 0 amide bonds. The number of hydrogen-bond acceptors (Lipinski definition) is 5. The van der Waals surface area contributed by atoms with Crippen LogP contribution in [0.4, 0.5) is 0 Å². The number of fused-ring (bicyclic) bond motifs is 1. The molecule has 0 spiro atoms. The zero-order chi connectivity index (χ0) is 24.4. The minimum atomic E-state index is 0.377. The molecule has 0 aliphatic heterocycles. The number of benzene rings is 2. The van der Waals surface area contributed by atoms with Crippen LogP contribution in [0.2, 0.25) is 0 Å². The van der Waals surface area contributed by atoms with E-state index in [0.717, 1.165) is 70.9 Å². The molecule has 3 aromatic rings. The van der Waals surface area contributed by atoms with Crippen LogP contribution in [0.15, 0.2) is 47.6 Å². The predicted octanol–water partition coefficient (Wildman–Crippen LogP) is 4.95. The van der Waals surface area contributed by atoms with E-state index in [9.17, 15) is 5.26 Å². The summed E-state index contributed by atoms with van der Waals surface area (Å²) in [4.78, 5) is 0. The van der Waals surface area contributed by atoms with Gasteiger partial charge in [-0.15, -0.1) is 0 Å². The molecular formula is C28H34N6O. The predicted molar refractivity (Wildman–Crippen MR) is 140 cm³/mol. The minimum absolute atomic E-state index is 0.377. The van der Waals surface area contributed by atoms with Gasteiger partial charge in [-0.3, -0.25) is 0 Å². The number of ether oxygens (including phenoxy) is 1. The number of nitrogens with zero attached hydrogens (tertiary/aromatic N) is 4. The van der Waals surface area contributed by atoms with Gasteiger partial charge in [0.05, 0.1) is 23.3 Å². The van der Waals surface area contributed by atoms with Gasteiger partial charge in [0.1, 0.15) is 24.8 Å². The van der Waals surface area contributed by atoms with Crippen molar-refractivity contribution in [3.8, 4) is 23.1 Å². The van der Waals surface area contributed by atoms with E-state index in [1.165, 1.54) is 29.9 Å². The molecule has 5 rings (SSSR count). The van der Waals surface area contributed by atoms with Gasteiger partial charge >= 0.3 is 0 Å². The largest absolute Gasteiger partial charge is 0.492 e. The van der Waals surface area contributed by atoms with Crippen LogP contribution in [0, 0.1) is 23.2 Å². The second-order valence-electron chi connectivity index (χ2n) is 9.96. The summed E-state index contributed by atoms with van der Waals surface area (Å²) < 4.78 is 8.33. The molecule has 4 N–H and O–H groups in total. The fraction of sp³-hybridized carbons (Fsp3) is 0.429. The van der Waals surface area contributed by atoms with E-state index in [-0.39, 0.29) is 0 Å². The van der Waals surface area contributed by atoms with Gasteiger partial charge in [0.15, 0.2) is 0 Å². The van der Waals surface area contributed by atoms with E-state index in [0.29, 0.717) is 19.2 Å². The second kappa shape index (κ2) is 10.0. The highest BCUT2D eigenvalue weighted by molar-refractivity contribution is 5.95. The Hall–Kier alpha value is -3.50. The highest BCUT2D eigenvalue weighted by atomic mass is 16.5. The first kappa shape index (κ1) is 23.3. The molecule has 2 aliphatic rings. The Morgan fingerprint density at radius 1 is 1.20 bits per heavy atom. The van der Waals surface area contributed by atoms with E-state index in [4.69, 9.17) is 16.3 Å². The van der Waals surface area contributed by atoms with Gasteiger partial charge in [-0.25, -0.2) is 11.0 Å². The zero-order valence-corrected chi connectivity index (χ0v) is 20.4. The van der Waals surface area contributed by atoms with Crippen molar-refractivity contribution in [2.75, 3.05) is 13.2 Å². The number of hydrogen-bond donors (Lipinski definition) is 2. The molecular weight excluding hydrogens is 436 g/mol. The van der Waals surface area contributed by atoms with E-state index in [2.05, 4.69) is 53.0 Å². The molecule has 182 valence electrons. The molecule has 0 radical (unpaired) electrons. The van der Waals surface area contributed by atoms with Crippen molar-refractivity contribution in [2.24, 2.45) is 28.5 Å². The maximum atomic E-state index is 10.2. The number of hydrazone groups is 1. The first-order valence-corrected chi connectivity index (χ1v) is 12.7. The number of nitrogens with two attached hydrogens (primary N) is 2. The maximum Gasteiger partial charge on any atom is 0.121 e. The summed E-state index contributed by atoms with van der Waals surface area (Å²) in [5, 5.41) is 16.2. The normalized spacial score (nSPS) is 16.8. The van der Waals surface area contributed by atoms with Crippen molar-refractivity contribution in [3.63, 3.8) is 0 Å². The second-order valence-corrected chi connectivity index (χ2v) is 9.96. The summed E-state index contributed by atoms with van der Waals surface area (Å²) in [5.41, 5.74) is 10.6. The Bertz CT molecular complexity index is 1250. The Labute approximate surface area is 206 Å². The highest BCUT2D eigenvalue weighted by Gasteiger charge is 2.29. The molecule has 0 saturated heterocycles. The molecule has 1 unspecified atom stereocenters. The van der Waals surface area contributed by atoms with E-state index < -0.39 is 0 Å². The summed E-state index contributed by atoms with van der Waals surface area (Å²) >= 11 is 0. The Morgan fingerprint density at radius 3 is 2.60 bits per heavy atom. The lowest BCUT2D eigenvalue weighted by atomic mass is 9.91. The van der Waals surface area contributed by atoms with Crippen molar-refractivity contribution < 1.29 is 4.74 Å².